The highest BCUT2D eigenvalue weighted by molar-refractivity contribution is 5.98. The molecule has 3 aromatic rings. The second-order valence-electron chi connectivity index (χ2n) is 15.6. The predicted molar refractivity (Wildman–Crippen MR) is 188 cm³/mol. The fourth-order valence-electron chi connectivity index (χ4n) is 8.44. The highest BCUT2D eigenvalue weighted by Crippen LogP contribution is 2.45. The Morgan fingerprint density at radius 2 is 1.65 bits per heavy atom. The molecular weight excluding hydrogens is 673 g/mol. The standard InChI is InChI=1S/C41H45F3N2O6/c1-40(15-6-16-40)23-45-37(48)34-25-11-12-26(19-25)35(34)46-36(47)30-20-33(31(42)21-32(30)52-39(43)44)51-28-13-17-41(2,18-14-28)38(49)50-22-27-9-5-8-24-7-3-4-10-29(24)27/h3-5,7-12,20-21,25-26,28,34-35,39H,6,13-19,22-23H2,1-2H3,(H,45,48)(H,46,47)/t25-,26+,28-,34+,35-,41+/m1/s1. The summed E-state index contributed by atoms with van der Waals surface area (Å²) in [7, 11) is 0. The van der Waals surface area contributed by atoms with Crippen molar-refractivity contribution in [2.45, 2.75) is 90.6 Å². The van der Waals surface area contributed by atoms with Crippen molar-refractivity contribution in [3.8, 4) is 11.5 Å². The first-order valence-electron chi connectivity index (χ1n) is 18.3. The Morgan fingerprint density at radius 3 is 2.38 bits per heavy atom. The molecule has 0 heterocycles. The van der Waals surface area contributed by atoms with Gasteiger partial charge in [-0.15, -0.1) is 0 Å². The SMILES string of the molecule is CC1(CNC(=O)[C@@H]2[C@H](NC(=O)c3cc(O[C@H]4CC[C@@](C)(C(=O)OCc5cccc6ccccc56)CC4)c(F)cc3OC(F)F)[C@H]3C=C[C@@H]2C3)CCC1. The summed E-state index contributed by atoms with van der Waals surface area (Å²) in [5, 5.41) is 8.06. The lowest BCUT2D eigenvalue weighted by molar-refractivity contribution is -0.159. The molecule has 0 aromatic heterocycles. The summed E-state index contributed by atoms with van der Waals surface area (Å²) in [6.45, 7) is 1.39. The van der Waals surface area contributed by atoms with E-state index in [-0.39, 0.29) is 47.0 Å². The van der Waals surface area contributed by atoms with Gasteiger partial charge in [0.25, 0.3) is 5.91 Å². The lowest BCUT2D eigenvalue weighted by Gasteiger charge is -2.39. The Balaban J connectivity index is 1.00. The zero-order valence-electron chi connectivity index (χ0n) is 29.5. The molecule has 3 fully saturated rings. The van der Waals surface area contributed by atoms with Crippen LogP contribution < -0.4 is 20.1 Å². The van der Waals surface area contributed by atoms with Crippen molar-refractivity contribution in [2.75, 3.05) is 6.54 Å². The Bertz CT molecular complexity index is 1860. The molecule has 8 nitrogen and oxygen atoms in total. The van der Waals surface area contributed by atoms with Crippen LogP contribution in [0.3, 0.4) is 0 Å². The third-order valence-corrected chi connectivity index (χ3v) is 11.9. The summed E-state index contributed by atoms with van der Waals surface area (Å²) in [5.74, 6) is -3.78. The normalized spacial score (nSPS) is 27.2. The average Bonchev–Trinajstić information content (AvgIpc) is 3.73. The molecule has 4 aliphatic carbocycles. The molecular formula is C41H45F3N2O6. The van der Waals surface area contributed by atoms with E-state index in [0.717, 1.165) is 47.7 Å². The van der Waals surface area contributed by atoms with Gasteiger partial charge in [0, 0.05) is 18.7 Å². The van der Waals surface area contributed by atoms with E-state index in [1.54, 1.807) is 0 Å². The first kappa shape index (κ1) is 35.8. The number of hydrogen-bond donors (Lipinski definition) is 2. The van der Waals surface area contributed by atoms with Gasteiger partial charge in [0.05, 0.1) is 23.0 Å². The van der Waals surface area contributed by atoms with Crippen LogP contribution >= 0.6 is 0 Å². The Kier molecular flexibility index (Phi) is 9.97. The number of ether oxygens (including phenoxy) is 3. The molecule has 0 spiro atoms. The molecule has 4 atom stereocenters. The number of amides is 2. The first-order chi connectivity index (χ1) is 24.9. The second-order valence-corrected chi connectivity index (χ2v) is 15.6. The maximum Gasteiger partial charge on any atom is 0.387 e. The van der Waals surface area contributed by atoms with Gasteiger partial charge in [-0.2, -0.15) is 8.78 Å². The number of rotatable bonds is 12. The van der Waals surface area contributed by atoms with Gasteiger partial charge in [-0.1, -0.05) is 68.0 Å². The van der Waals surface area contributed by atoms with E-state index < -0.39 is 47.6 Å². The summed E-state index contributed by atoms with van der Waals surface area (Å²) in [6, 6.07) is 15.0. The Labute approximate surface area is 301 Å². The van der Waals surface area contributed by atoms with Crippen LogP contribution in [-0.2, 0) is 20.9 Å². The molecule has 52 heavy (non-hydrogen) atoms. The van der Waals surface area contributed by atoms with E-state index >= 15 is 4.39 Å². The maximum atomic E-state index is 15.3. The van der Waals surface area contributed by atoms with Crippen molar-refractivity contribution in [2.24, 2.45) is 28.6 Å². The van der Waals surface area contributed by atoms with Crippen LogP contribution in [0.15, 0.2) is 66.7 Å². The number of allylic oxidation sites excluding steroid dienone is 1. The first-order valence-corrected chi connectivity index (χ1v) is 18.3. The number of fused-ring (bicyclic) bond motifs is 3. The smallest absolute Gasteiger partial charge is 0.387 e. The topological polar surface area (TPSA) is 103 Å². The molecule has 2 bridgehead atoms. The number of carbonyl (C=O) groups excluding carboxylic acids is 3. The zero-order valence-corrected chi connectivity index (χ0v) is 29.5. The second kappa shape index (κ2) is 14.5. The van der Waals surface area contributed by atoms with Crippen LogP contribution in [0.1, 0.15) is 81.1 Å². The molecule has 276 valence electrons. The quantitative estimate of drug-likeness (QED) is 0.146. The Morgan fingerprint density at radius 1 is 0.923 bits per heavy atom. The molecule has 2 amide bonds. The maximum absolute atomic E-state index is 15.3. The minimum Gasteiger partial charge on any atom is -0.487 e. The van der Waals surface area contributed by atoms with Crippen LogP contribution in [0, 0.1) is 34.4 Å². The zero-order chi connectivity index (χ0) is 36.6. The fraction of sp³-hybridized carbons (Fsp3) is 0.488. The summed E-state index contributed by atoms with van der Waals surface area (Å²) < 4.78 is 58.6. The number of carbonyl (C=O) groups is 3. The average molecular weight is 719 g/mol. The van der Waals surface area contributed by atoms with E-state index in [0.29, 0.717) is 38.6 Å². The molecule has 0 radical (unpaired) electrons. The summed E-state index contributed by atoms with van der Waals surface area (Å²) >= 11 is 0. The van der Waals surface area contributed by atoms with Gasteiger partial charge in [-0.05, 0) is 91.5 Å². The number of hydrogen-bond acceptors (Lipinski definition) is 6. The molecule has 11 heteroatoms. The van der Waals surface area contributed by atoms with Gasteiger partial charge in [-0.3, -0.25) is 14.4 Å². The van der Waals surface area contributed by atoms with Crippen LogP contribution in [0.4, 0.5) is 13.2 Å². The van der Waals surface area contributed by atoms with Crippen molar-refractivity contribution in [3.63, 3.8) is 0 Å². The van der Waals surface area contributed by atoms with E-state index in [1.165, 1.54) is 0 Å². The Hall–Kier alpha value is -4.54. The number of benzene rings is 3. The highest BCUT2D eigenvalue weighted by atomic mass is 19.3. The van der Waals surface area contributed by atoms with Crippen LogP contribution in [-0.4, -0.2) is 43.1 Å². The summed E-state index contributed by atoms with van der Waals surface area (Å²) in [4.78, 5) is 40.4. The lowest BCUT2D eigenvalue weighted by Crippen LogP contribution is -2.50. The van der Waals surface area contributed by atoms with Crippen LogP contribution in [0.2, 0.25) is 0 Å². The van der Waals surface area contributed by atoms with Gasteiger partial charge in [-0.25, -0.2) is 4.39 Å². The molecule has 0 saturated heterocycles. The minimum absolute atomic E-state index is 0.0547. The predicted octanol–water partition coefficient (Wildman–Crippen LogP) is 7.88. The van der Waals surface area contributed by atoms with Gasteiger partial charge < -0.3 is 24.8 Å². The largest absolute Gasteiger partial charge is 0.487 e. The molecule has 0 aliphatic heterocycles. The third-order valence-electron chi connectivity index (χ3n) is 11.9. The van der Waals surface area contributed by atoms with E-state index in [9.17, 15) is 23.2 Å². The van der Waals surface area contributed by atoms with Gasteiger partial charge in [0.1, 0.15) is 12.4 Å². The van der Waals surface area contributed by atoms with E-state index in [2.05, 4.69) is 22.3 Å². The highest BCUT2D eigenvalue weighted by Gasteiger charge is 2.49. The van der Waals surface area contributed by atoms with Crippen molar-refractivity contribution in [1.82, 2.24) is 10.6 Å². The molecule has 4 aliphatic rings. The lowest BCUT2D eigenvalue weighted by atomic mass is 9.70. The molecule has 3 aromatic carbocycles. The van der Waals surface area contributed by atoms with Gasteiger partial charge in [0.2, 0.25) is 5.91 Å². The number of nitrogens with one attached hydrogen (secondary N) is 2. The molecule has 0 unspecified atom stereocenters. The molecule has 7 rings (SSSR count). The molecule has 2 N–H and O–H groups in total. The van der Waals surface area contributed by atoms with Crippen molar-refractivity contribution < 1.29 is 41.8 Å². The van der Waals surface area contributed by atoms with E-state index in [4.69, 9.17) is 9.47 Å². The minimum atomic E-state index is -3.30. The number of halogens is 3. The fourth-order valence-corrected chi connectivity index (χ4v) is 8.44. The van der Waals surface area contributed by atoms with Crippen molar-refractivity contribution >= 4 is 28.6 Å². The van der Waals surface area contributed by atoms with Crippen molar-refractivity contribution in [1.29, 1.82) is 0 Å². The van der Waals surface area contributed by atoms with Crippen molar-refractivity contribution in [3.05, 3.63) is 83.7 Å². The monoisotopic (exact) mass is 718 g/mol. The number of alkyl halides is 2. The van der Waals surface area contributed by atoms with Crippen LogP contribution in [0.5, 0.6) is 11.5 Å². The van der Waals surface area contributed by atoms with E-state index in [1.807, 2.05) is 61.5 Å². The van der Waals surface area contributed by atoms with Gasteiger partial charge >= 0.3 is 12.6 Å². The third kappa shape index (κ3) is 7.36. The van der Waals surface area contributed by atoms with Crippen LogP contribution in [0.25, 0.3) is 10.8 Å². The number of esters is 1. The summed E-state index contributed by atoms with van der Waals surface area (Å²) in [6.07, 6.45) is 9.06. The van der Waals surface area contributed by atoms with Gasteiger partial charge in [0.15, 0.2) is 11.6 Å². The molecule has 3 saturated carbocycles. The summed E-state index contributed by atoms with van der Waals surface area (Å²) in [5.41, 5.74) is -0.0964.